The van der Waals surface area contributed by atoms with Gasteiger partial charge in [-0.25, -0.2) is 0 Å². The topological polar surface area (TPSA) is 39.2 Å². The highest BCUT2D eigenvalue weighted by Gasteiger charge is 2.04. The van der Waals surface area contributed by atoms with Gasteiger partial charge in [0.2, 0.25) is 0 Å². The van der Waals surface area contributed by atoms with Crippen molar-refractivity contribution in [2.45, 2.75) is 6.92 Å². The molecule has 4 heteroatoms. The van der Waals surface area contributed by atoms with E-state index >= 15 is 0 Å². The quantitative estimate of drug-likeness (QED) is 0.777. The molecule has 1 aromatic carbocycles. The van der Waals surface area contributed by atoms with Gasteiger partial charge in [-0.15, -0.1) is 0 Å². The van der Waals surface area contributed by atoms with Crippen LogP contribution in [0.5, 0.6) is 11.5 Å². The van der Waals surface area contributed by atoms with Crippen LogP contribution in [0.4, 0.5) is 0 Å². The lowest BCUT2D eigenvalue weighted by Gasteiger charge is -2.07. The molecule has 17 heavy (non-hydrogen) atoms. The lowest BCUT2D eigenvalue weighted by atomic mass is 10.2. The molecule has 0 aliphatic rings. The summed E-state index contributed by atoms with van der Waals surface area (Å²) in [4.78, 5) is 14.7. The summed E-state index contributed by atoms with van der Waals surface area (Å²) in [5.41, 5.74) is 1.43. The predicted molar refractivity (Wildman–Crippen MR) is 65.9 cm³/mol. The van der Waals surface area contributed by atoms with Crippen molar-refractivity contribution in [3.63, 3.8) is 0 Å². The van der Waals surface area contributed by atoms with Gasteiger partial charge in [0.1, 0.15) is 17.8 Å². The largest absolute Gasteiger partial charge is 0.454 e. The maximum atomic E-state index is 10.6. The summed E-state index contributed by atoms with van der Waals surface area (Å²) in [5.74, 6) is 1.11. The van der Waals surface area contributed by atoms with E-state index in [1.807, 2.05) is 19.1 Å². The molecule has 0 fully saturated rings. The summed E-state index contributed by atoms with van der Waals surface area (Å²) in [6, 6.07) is 8.53. The van der Waals surface area contributed by atoms with Gasteiger partial charge < -0.3 is 4.74 Å². The molecule has 2 aromatic rings. The van der Waals surface area contributed by atoms with Crippen LogP contribution in [0, 0.1) is 6.92 Å². The summed E-state index contributed by atoms with van der Waals surface area (Å²) in [5, 5.41) is 0.398. The first-order chi connectivity index (χ1) is 8.19. The smallest absolute Gasteiger partial charge is 0.150 e. The fourth-order valence-corrected chi connectivity index (χ4v) is 1.54. The number of aromatic nitrogens is 1. The van der Waals surface area contributed by atoms with Crippen LogP contribution < -0.4 is 4.74 Å². The Morgan fingerprint density at radius 2 is 2.12 bits per heavy atom. The van der Waals surface area contributed by atoms with Gasteiger partial charge >= 0.3 is 0 Å². The third-order valence-corrected chi connectivity index (χ3v) is 2.50. The molecule has 0 aliphatic carbocycles. The minimum atomic E-state index is 0.398. The van der Waals surface area contributed by atoms with E-state index in [0.717, 1.165) is 12.0 Å². The SMILES string of the molecule is Cc1ccc(Oc2ccc(C=O)cc2Cl)cn1. The summed E-state index contributed by atoms with van der Waals surface area (Å²) in [7, 11) is 0. The standard InChI is InChI=1S/C13H10ClNO2/c1-9-2-4-11(7-15-9)17-13-5-3-10(8-16)6-12(13)14/h2-8H,1H3. The van der Waals surface area contributed by atoms with E-state index < -0.39 is 0 Å². The minimum Gasteiger partial charge on any atom is -0.454 e. The third-order valence-electron chi connectivity index (χ3n) is 2.20. The molecule has 0 radical (unpaired) electrons. The normalized spacial score (nSPS) is 10.0. The number of carbonyl (C=O) groups excluding carboxylic acids is 1. The molecule has 0 saturated carbocycles. The molecule has 0 unspecified atom stereocenters. The Morgan fingerprint density at radius 3 is 2.71 bits per heavy atom. The van der Waals surface area contributed by atoms with E-state index in [2.05, 4.69) is 4.98 Å². The molecule has 0 spiro atoms. The number of nitrogens with zero attached hydrogens (tertiary/aromatic N) is 1. The van der Waals surface area contributed by atoms with E-state index in [4.69, 9.17) is 16.3 Å². The Balaban J connectivity index is 2.24. The van der Waals surface area contributed by atoms with Gasteiger partial charge in [0, 0.05) is 11.3 Å². The number of aryl methyl sites for hydroxylation is 1. The van der Waals surface area contributed by atoms with Crippen LogP contribution in [0.15, 0.2) is 36.5 Å². The Bertz CT molecular complexity index is 538. The fourth-order valence-electron chi connectivity index (χ4n) is 1.31. The van der Waals surface area contributed by atoms with Crippen molar-refractivity contribution in [1.82, 2.24) is 4.98 Å². The summed E-state index contributed by atoms with van der Waals surface area (Å²) < 4.78 is 5.55. The summed E-state index contributed by atoms with van der Waals surface area (Å²) in [6.45, 7) is 1.90. The Labute approximate surface area is 104 Å². The minimum absolute atomic E-state index is 0.398. The van der Waals surface area contributed by atoms with Crippen molar-refractivity contribution in [3.8, 4) is 11.5 Å². The van der Waals surface area contributed by atoms with Gasteiger partial charge in [-0.1, -0.05) is 11.6 Å². The van der Waals surface area contributed by atoms with Crippen molar-refractivity contribution >= 4 is 17.9 Å². The van der Waals surface area contributed by atoms with E-state index in [1.54, 1.807) is 24.4 Å². The van der Waals surface area contributed by atoms with E-state index in [9.17, 15) is 4.79 Å². The number of pyridine rings is 1. The van der Waals surface area contributed by atoms with Gasteiger partial charge in [0.05, 0.1) is 11.2 Å². The van der Waals surface area contributed by atoms with Crippen LogP contribution in [-0.4, -0.2) is 11.3 Å². The van der Waals surface area contributed by atoms with Crippen LogP contribution in [-0.2, 0) is 0 Å². The second-order valence-corrected chi connectivity index (χ2v) is 3.95. The number of hydrogen-bond donors (Lipinski definition) is 0. The van der Waals surface area contributed by atoms with Crippen LogP contribution in [0.3, 0.4) is 0 Å². The summed E-state index contributed by atoms with van der Waals surface area (Å²) in [6.07, 6.45) is 2.36. The summed E-state index contributed by atoms with van der Waals surface area (Å²) >= 11 is 5.99. The second-order valence-electron chi connectivity index (χ2n) is 3.55. The van der Waals surface area contributed by atoms with Crippen molar-refractivity contribution < 1.29 is 9.53 Å². The highest BCUT2D eigenvalue weighted by atomic mass is 35.5. The first kappa shape index (κ1) is 11.6. The molecule has 0 atom stereocenters. The molecule has 0 amide bonds. The first-order valence-corrected chi connectivity index (χ1v) is 5.42. The highest BCUT2D eigenvalue weighted by molar-refractivity contribution is 6.32. The number of ether oxygens (including phenoxy) is 1. The van der Waals surface area contributed by atoms with Crippen LogP contribution >= 0.6 is 11.6 Å². The number of carbonyl (C=O) groups is 1. The Kier molecular flexibility index (Phi) is 3.40. The van der Waals surface area contributed by atoms with Crippen LogP contribution in [0.2, 0.25) is 5.02 Å². The predicted octanol–water partition coefficient (Wildman–Crippen LogP) is 3.65. The van der Waals surface area contributed by atoms with Gasteiger partial charge in [-0.2, -0.15) is 0 Å². The third kappa shape index (κ3) is 2.82. The number of halogens is 1. The number of benzene rings is 1. The van der Waals surface area contributed by atoms with Crippen molar-refractivity contribution in [3.05, 3.63) is 52.8 Å². The second kappa shape index (κ2) is 4.97. The molecule has 86 valence electrons. The maximum absolute atomic E-state index is 10.6. The monoisotopic (exact) mass is 247 g/mol. The fraction of sp³-hybridized carbons (Fsp3) is 0.0769. The molecular formula is C13H10ClNO2. The average Bonchev–Trinajstić information content (AvgIpc) is 2.34. The molecule has 1 aromatic heterocycles. The molecule has 1 heterocycles. The van der Waals surface area contributed by atoms with Crippen molar-refractivity contribution in [1.29, 1.82) is 0 Å². The lowest BCUT2D eigenvalue weighted by molar-refractivity contribution is 0.112. The molecular weight excluding hydrogens is 238 g/mol. The first-order valence-electron chi connectivity index (χ1n) is 5.04. The van der Waals surface area contributed by atoms with E-state index in [-0.39, 0.29) is 0 Å². The lowest BCUT2D eigenvalue weighted by Crippen LogP contribution is -1.88. The number of aldehydes is 1. The van der Waals surface area contributed by atoms with Gasteiger partial charge in [-0.3, -0.25) is 9.78 Å². The van der Waals surface area contributed by atoms with Gasteiger partial charge in [0.25, 0.3) is 0 Å². The molecule has 0 bridgehead atoms. The zero-order valence-corrected chi connectivity index (χ0v) is 9.94. The highest BCUT2D eigenvalue weighted by Crippen LogP contribution is 2.29. The maximum Gasteiger partial charge on any atom is 0.150 e. The molecule has 2 rings (SSSR count). The van der Waals surface area contributed by atoms with Crippen LogP contribution in [0.1, 0.15) is 16.1 Å². The Morgan fingerprint density at radius 1 is 1.29 bits per heavy atom. The van der Waals surface area contributed by atoms with Crippen molar-refractivity contribution in [2.24, 2.45) is 0 Å². The van der Waals surface area contributed by atoms with E-state index in [1.165, 1.54) is 0 Å². The molecule has 0 saturated heterocycles. The zero-order valence-electron chi connectivity index (χ0n) is 9.18. The van der Waals surface area contributed by atoms with Gasteiger partial charge in [-0.05, 0) is 37.3 Å². The Hall–Kier alpha value is -1.87. The van der Waals surface area contributed by atoms with Crippen molar-refractivity contribution in [2.75, 3.05) is 0 Å². The zero-order chi connectivity index (χ0) is 12.3. The van der Waals surface area contributed by atoms with Crippen LogP contribution in [0.25, 0.3) is 0 Å². The molecule has 0 N–H and O–H groups in total. The van der Waals surface area contributed by atoms with Gasteiger partial charge in [0.15, 0.2) is 0 Å². The average molecular weight is 248 g/mol. The van der Waals surface area contributed by atoms with E-state index in [0.29, 0.717) is 22.1 Å². The molecule has 0 aliphatic heterocycles. The number of rotatable bonds is 3. The molecule has 3 nitrogen and oxygen atoms in total. The number of hydrogen-bond acceptors (Lipinski definition) is 3.